The minimum Gasteiger partial charge on any atom is -0.339 e. The van der Waals surface area contributed by atoms with E-state index in [9.17, 15) is 14.0 Å². The molecule has 2 fully saturated rings. The van der Waals surface area contributed by atoms with Gasteiger partial charge in [0.1, 0.15) is 5.82 Å². The molecule has 0 spiro atoms. The average molecular weight is 441 g/mol. The first-order chi connectivity index (χ1) is 15.6. The van der Waals surface area contributed by atoms with Crippen LogP contribution in [0.15, 0.2) is 30.5 Å². The normalized spacial score (nSPS) is 19.7. The van der Waals surface area contributed by atoms with Crippen molar-refractivity contribution in [1.29, 1.82) is 0 Å². The molecule has 2 aliphatic rings. The third-order valence-corrected chi connectivity index (χ3v) is 7.06. The van der Waals surface area contributed by atoms with Crippen molar-refractivity contribution in [1.82, 2.24) is 20.0 Å². The smallest absolute Gasteiger partial charge is 0.257 e. The highest BCUT2D eigenvalue weighted by Gasteiger charge is 2.33. The number of hydrogen-bond donors (Lipinski definition) is 1. The zero-order valence-corrected chi connectivity index (χ0v) is 18.9. The lowest BCUT2D eigenvalue weighted by atomic mass is 9.93. The largest absolute Gasteiger partial charge is 0.339 e. The van der Waals surface area contributed by atoms with E-state index in [0.29, 0.717) is 24.1 Å². The molecule has 1 saturated heterocycles. The van der Waals surface area contributed by atoms with Gasteiger partial charge in [0, 0.05) is 26.1 Å². The fourth-order valence-corrected chi connectivity index (χ4v) is 5.16. The summed E-state index contributed by atoms with van der Waals surface area (Å²) in [4.78, 5) is 30.2. The van der Waals surface area contributed by atoms with Crippen molar-refractivity contribution in [3.05, 3.63) is 53.1 Å². The molecule has 0 radical (unpaired) electrons. The van der Waals surface area contributed by atoms with Crippen molar-refractivity contribution < 1.29 is 14.0 Å². The predicted molar refractivity (Wildman–Crippen MR) is 121 cm³/mol. The SMILES string of the molecule is CN(C(=O)c1cn[nH]c1[C@@H]1CCCCN1C(=O)CCc1ccccc1F)C1CCCCC1. The summed E-state index contributed by atoms with van der Waals surface area (Å²) in [5.41, 5.74) is 1.86. The molecule has 172 valence electrons. The molecule has 1 aromatic carbocycles. The van der Waals surface area contributed by atoms with Crippen molar-refractivity contribution in [2.24, 2.45) is 0 Å². The second-order valence-corrected chi connectivity index (χ2v) is 9.10. The van der Waals surface area contributed by atoms with Gasteiger partial charge in [-0.15, -0.1) is 0 Å². The summed E-state index contributed by atoms with van der Waals surface area (Å²) >= 11 is 0. The molecule has 7 heteroatoms. The number of aromatic amines is 1. The van der Waals surface area contributed by atoms with E-state index in [-0.39, 0.29) is 36.1 Å². The molecule has 4 rings (SSSR count). The van der Waals surface area contributed by atoms with Gasteiger partial charge in [0.2, 0.25) is 5.91 Å². The number of piperidine rings is 1. The van der Waals surface area contributed by atoms with Crippen LogP contribution in [-0.4, -0.2) is 51.4 Å². The molecule has 1 aromatic heterocycles. The average Bonchev–Trinajstić information content (AvgIpc) is 3.33. The van der Waals surface area contributed by atoms with Crippen molar-refractivity contribution >= 4 is 11.8 Å². The van der Waals surface area contributed by atoms with E-state index < -0.39 is 0 Å². The Balaban J connectivity index is 1.48. The van der Waals surface area contributed by atoms with Crippen molar-refractivity contribution in [2.45, 2.75) is 76.3 Å². The molecule has 0 unspecified atom stereocenters. The molecule has 32 heavy (non-hydrogen) atoms. The standard InChI is InChI=1S/C25H33FN4O2/c1-29(19-10-3-2-4-11-19)25(32)20-17-27-28-24(20)22-13-7-8-16-30(22)23(31)15-14-18-9-5-6-12-21(18)26/h5-6,9,12,17,19,22H,2-4,7-8,10-11,13-16H2,1H3,(H,27,28)/t22-/m0/s1. The Morgan fingerprint density at radius 1 is 1.12 bits per heavy atom. The summed E-state index contributed by atoms with van der Waals surface area (Å²) in [5.74, 6) is -0.306. The summed E-state index contributed by atoms with van der Waals surface area (Å²) < 4.78 is 14.0. The number of H-pyrrole nitrogens is 1. The minimum atomic E-state index is -0.275. The summed E-state index contributed by atoms with van der Waals surface area (Å²) in [6.45, 7) is 0.645. The van der Waals surface area contributed by atoms with Crippen LogP contribution in [0.5, 0.6) is 0 Å². The van der Waals surface area contributed by atoms with Crippen molar-refractivity contribution in [2.75, 3.05) is 13.6 Å². The first-order valence-corrected chi connectivity index (χ1v) is 11.9. The van der Waals surface area contributed by atoms with Crippen LogP contribution in [0.3, 0.4) is 0 Å². The highest BCUT2D eigenvalue weighted by Crippen LogP contribution is 2.33. The van der Waals surface area contributed by atoms with Gasteiger partial charge in [-0.05, 0) is 50.2 Å². The van der Waals surface area contributed by atoms with Crippen LogP contribution in [0.2, 0.25) is 0 Å². The Morgan fingerprint density at radius 3 is 2.66 bits per heavy atom. The second-order valence-electron chi connectivity index (χ2n) is 9.10. The van der Waals surface area contributed by atoms with Crippen LogP contribution < -0.4 is 0 Å². The molecule has 1 saturated carbocycles. The number of halogens is 1. The fourth-order valence-electron chi connectivity index (χ4n) is 5.16. The van der Waals surface area contributed by atoms with Crippen LogP contribution in [0, 0.1) is 5.82 Å². The molecular formula is C25H33FN4O2. The highest BCUT2D eigenvalue weighted by molar-refractivity contribution is 5.95. The molecule has 1 aliphatic heterocycles. The van der Waals surface area contributed by atoms with E-state index in [2.05, 4.69) is 10.2 Å². The van der Waals surface area contributed by atoms with Gasteiger partial charge in [-0.25, -0.2) is 4.39 Å². The molecule has 1 aliphatic carbocycles. The monoisotopic (exact) mass is 440 g/mol. The molecule has 0 bridgehead atoms. The molecule has 2 heterocycles. The van der Waals surface area contributed by atoms with Crippen molar-refractivity contribution in [3.63, 3.8) is 0 Å². The van der Waals surface area contributed by atoms with Gasteiger partial charge < -0.3 is 9.80 Å². The number of carbonyl (C=O) groups is 2. The van der Waals surface area contributed by atoms with Gasteiger partial charge in [0.25, 0.3) is 5.91 Å². The number of benzene rings is 1. The van der Waals surface area contributed by atoms with E-state index in [0.717, 1.165) is 50.6 Å². The van der Waals surface area contributed by atoms with Gasteiger partial charge >= 0.3 is 0 Å². The van der Waals surface area contributed by atoms with E-state index in [4.69, 9.17) is 0 Å². The Morgan fingerprint density at radius 2 is 1.88 bits per heavy atom. The number of nitrogens with one attached hydrogen (secondary N) is 1. The van der Waals surface area contributed by atoms with Gasteiger partial charge in [-0.3, -0.25) is 14.7 Å². The quantitative estimate of drug-likeness (QED) is 0.711. The maximum Gasteiger partial charge on any atom is 0.257 e. The van der Waals surface area contributed by atoms with Crippen molar-refractivity contribution in [3.8, 4) is 0 Å². The van der Waals surface area contributed by atoms with Crippen LogP contribution in [-0.2, 0) is 11.2 Å². The number of carbonyl (C=O) groups excluding carboxylic acids is 2. The summed E-state index contributed by atoms with van der Waals surface area (Å²) in [5, 5.41) is 7.22. The highest BCUT2D eigenvalue weighted by atomic mass is 19.1. The zero-order chi connectivity index (χ0) is 22.5. The Labute approximate surface area is 189 Å². The Hall–Kier alpha value is -2.70. The number of hydrogen-bond acceptors (Lipinski definition) is 3. The first kappa shape index (κ1) is 22.5. The summed E-state index contributed by atoms with van der Waals surface area (Å²) in [7, 11) is 1.88. The molecule has 2 amide bonds. The van der Waals surface area contributed by atoms with Crippen LogP contribution in [0.25, 0.3) is 0 Å². The zero-order valence-electron chi connectivity index (χ0n) is 18.9. The summed E-state index contributed by atoms with van der Waals surface area (Å²) in [6, 6.07) is 6.67. The van der Waals surface area contributed by atoms with Crippen LogP contribution in [0.4, 0.5) is 4.39 Å². The van der Waals surface area contributed by atoms with E-state index in [1.807, 2.05) is 16.8 Å². The molecule has 1 N–H and O–H groups in total. The maximum absolute atomic E-state index is 14.0. The maximum atomic E-state index is 14.0. The van der Waals surface area contributed by atoms with Gasteiger partial charge in [-0.1, -0.05) is 37.5 Å². The lowest BCUT2D eigenvalue weighted by Gasteiger charge is -2.36. The number of aryl methyl sites for hydroxylation is 1. The molecule has 1 atom stereocenters. The van der Waals surface area contributed by atoms with E-state index >= 15 is 0 Å². The predicted octanol–water partition coefficient (Wildman–Crippen LogP) is 4.64. The number of amides is 2. The van der Waals surface area contributed by atoms with Gasteiger partial charge in [0.05, 0.1) is 23.5 Å². The van der Waals surface area contributed by atoms with Crippen LogP contribution in [0.1, 0.15) is 85.4 Å². The number of likely N-dealkylation sites (tertiary alicyclic amines) is 1. The number of aromatic nitrogens is 2. The Bertz CT molecular complexity index is 938. The topological polar surface area (TPSA) is 69.3 Å². The third kappa shape index (κ3) is 4.87. The minimum absolute atomic E-state index is 0.00779. The van der Waals surface area contributed by atoms with E-state index in [1.54, 1.807) is 24.4 Å². The number of rotatable bonds is 6. The molecular weight excluding hydrogens is 407 g/mol. The lowest BCUT2D eigenvalue weighted by molar-refractivity contribution is -0.135. The van der Waals surface area contributed by atoms with Gasteiger partial charge in [0.15, 0.2) is 0 Å². The van der Waals surface area contributed by atoms with Gasteiger partial charge in [-0.2, -0.15) is 5.10 Å². The Kier molecular flexibility index (Phi) is 7.22. The second kappa shape index (κ2) is 10.3. The van der Waals surface area contributed by atoms with E-state index in [1.165, 1.54) is 12.5 Å². The molecule has 6 nitrogen and oxygen atoms in total. The number of nitrogens with zero attached hydrogens (tertiary/aromatic N) is 3. The fraction of sp³-hybridized carbons (Fsp3) is 0.560. The van der Waals surface area contributed by atoms with Crippen LogP contribution >= 0.6 is 0 Å². The summed E-state index contributed by atoms with van der Waals surface area (Å²) in [6.07, 6.45) is 10.6. The third-order valence-electron chi connectivity index (χ3n) is 7.06. The first-order valence-electron chi connectivity index (χ1n) is 11.9. The molecule has 2 aromatic rings. The lowest BCUT2D eigenvalue weighted by Crippen LogP contribution is -2.41.